The number of halogens is 1. The van der Waals surface area contributed by atoms with Gasteiger partial charge in [0.2, 0.25) is 5.91 Å². The van der Waals surface area contributed by atoms with E-state index < -0.39 is 5.82 Å². The highest BCUT2D eigenvalue weighted by atomic mass is 19.1. The monoisotopic (exact) mass is 617 g/mol. The lowest BCUT2D eigenvalue weighted by atomic mass is 9.73. The van der Waals surface area contributed by atoms with E-state index >= 15 is 4.39 Å². The molecule has 242 valence electrons. The second-order valence-corrected chi connectivity index (χ2v) is 12.8. The highest BCUT2D eigenvalue weighted by Crippen LogP contribution is 2.36. The van der Waals surface area contributed by atoms with Gasteiger partial charge in [-0.05, 0) is 67.7 Å². The van der Waals surface area contributed by atoms with Crippen molar-refractivity contribution in [1.82, 2.24) is 25.0 Å². The normalized spacial score (nSPS) is 18.1. The molecule has 10 heteroatoms. The third kappa shape index (κ3) is 7.21. The third-order valence-electron chi connectivity index (χ3n) is 9.98. The van der Waals surface area contributed by atoms with Crippen LogP contribution < -0.4 is 10.2 Å². The van der Waals surface area contributed by atoms with E-state index in [0.717, 1.165) is 25.1 Å². The predicted octanol–water partition coefficient (Wildman–Crippen LogP) is 7.63. The number of nitrogens with zero attached hydrogens (tertiary/aromatic N) is 5. The SMILES string of the molecule is CCC(C)C(C)C(CCCC(=O)Nc1ccc(-c2cc(N3CCOC[C@H]3C)nc3c2cnn3-c2ccn[nH]2)c(F)c1)C(C)CC. The zero-order valence-electron chi connectivity index (χ0n) is 27.5. The number of aromatic amines is 1. The fourth-order valence-corrected chi connectivity index (χ4v) is 6.66. The highest BCUT2D eigenvalue weighted by Gasteiger charge is 2.27. The zero-order valence-corrected chi connectivity index (χ0v) is 27.5. The molecule has 5 atom stereocenters. The predicted molar refractivity (Wildman–Crippen MR) is 178 cm³/mol. The minimum Gasteiger partial charge on any atom is -0.377 e. The van der Waals surface area contributed by atoms with Crippen LogP contribution in [0.4, 0.5) is 15.9 Å². The molecule has 9 nitrogen and oxygen atoms in total. The first kappa shape index (κ1) is 32.6. The molecule has 3 aromatic heterocycles. The largest absolute Gasteiger partial charge is 0.377 e. The van der Waals surface area contributed by atoms with Crippen molar-refractivity contribution in [2.75, 3.05) is 30.0 Å². The minimum atomic E-state index is -0.422. The molecule has 5 rings (SSSR count). The van der Waals surface area contributed by atoms with Crippen LogP contribution in [0.3, 0.4) is 0 Å². The summed E-state index contributed by atoms with van der Waals surface area (Å²) in [5.41, 5.74) is 2.15. The van der Waals surface area contributed by atoms with E-state index in [1.165, 1.54) is 12.5 Å². The number of carbonyl (C=O) groups excluding carboxylic acids is 1. The summed E-state index contributed by atoms with van der Waals surface area (Å²) in [5.74, 6) is 3.38. The lowest BCUT2D eigenvalue weighted by molar-refractivity contribution is -0.116. The summed E-state index contributed by atoms with van der Waals surface area (Å²) in [5, 5.41) is 15.2. The Morgan fingerprint density at radius 3 is 2.62 bits per heavy atom. The quantitative estimate of drug-likeness (QED) is 0.160. The topological polar surface area (TPSA) is 101 Å². The van der Waals surface area contributed by atoms with Gasteiger partial charge in [0.1, 0.15) is 11.6 Å². The van der Waals surface area contributed by atoms with E-state index in [1.807, 2.05) is 12.1 Å². The third-order valence-corrected chi connectivity index (χ3v) is 9.98. The number of amides is 1. The molecule has 0 bridgehead atoms. The van der Waals surface area contributed by atoms with Gasteiger partial charge >= 0.3 is 0 Å². The van der Waals surface area contributed by atoms with E-state index in [4.69, 9.17) is 9.72 Å². The van der Waals surface area contributed by atoms with Crippen molar-refractivity contribution >= 4 is 28.4 Å². The molecule has 1 saturated heterocycles. The van der Waals surface area contributed by atoms with E-state index in [-0.39, 0.29) is 11.9 Å². The van der Waals surface area contributed by atoms with E-state index in [1.54, 1.807) is 29.2 Å². The van der Waals surface area contributed by atoms with Crippen LogP contribution in [-0.2, 0) is 9.53 Å². The van der Waals surface area contributed by atoms with Crippen molar-refractivity contribution in [1.29, 1.82) is 0 Å². The van der Waals surface area contributed by atoms with Gasteiger partial charge in [0, 0.05) is 41.2 Å². The number of hydrogen-bond acceptors (Lipinski definition) is 6. The molecule has 1 aliphatic heterocycles. The summed E-state index contributed by atoms with van der Waals surface area (Å²) < 4.78 is 23.2. The number of ether oxygens (including phenoxy) is 1. The Balaban J connectivity index is 1.36. The lowest BCUT2D eigenvalue weighted by Gasteiger charge is -2.34. The fraction of sp³-hybridized carbons (Fsp3) is 0.543. The molecule has 0 aliphatic carbocycles. The van der Waals surface area contributed by atoms with Crippen molar-refractivity contribution in [3.63, 3.8) is 0 Å². The summed E-state index contributed by atoms with van der Waals surface area (Å²) in [6.07, 6.45) is 7.93. The molecule has 4 aromatic rings. The van der Waals surface area contributed by atoms with Gasteiger partial charge in [-0.1, -0.05) is 47.5 Å². The first-order valence-electron chi connectivity index (χ1n) is 16.5. The van der Waals surface area contributed by atoms with Gasteiger partial charge in [-0.2, -0.15) is 14.9 Å². The standard InChI is InChI=1S/C35H48FN7O2/c1-7-22(3)25(6)27(23(4)8-2)10-9-11-34(44)39-26-12-13-28(31(36)18-26)29-19-33(42-16-17-45-21-24(42)5)40-35-30(29)20-38-43(35)32-14-15-37-41-32/h12-15,18-20,22-25,27H,7-11,16-17,21H2,1-6H3,(H,37,41)(H,39,44)/t22?,23?,24-,25?,27?/m1/s1. The van der Waals surface area contributed by atoms with Gasteiger partial charge in [-0.3, -0.25) is 9.89 Å². The van der Waals surface area contributed by atoms with Gasteiger partial charge < -0.3 is 15.0 Å². The molecule has 0 radical (unpaired) electrons. The number of carbonyl (C=O) groups is 1. The number of pyridine rings is 1. The Kier molecular flexibility index (Phi) is 10.5. The van der Waals surface area contributed by atoms with Crippen molar-refractivity contribution < 1.29 is 13.9 Å². The summed E-state index contributed by atoms with van der Waals surface area (Å²) >= 11 is 0. The van der Waals surface area contributed by atoms with Crippen LogP contribution in [0.15, 0.2) is 42.7 Å². The van der Waals surface area contributed by atoms with Crippen LogP contribution in [0.2, 0.25) is 0 Å². The van der Waals surface area contributed by atoms with Crippen molar-refractivity contribution in [2.24, 2.45) is 23.7 Å². The van der Waals surface area contributed by atoms with Crippen molar-refractivity contribution in [2.45, 2.75) is 79.7 Å². The Labute approximate surface area is 265 Å². The average Bonchev–Trinajstić information content (AvgIpc) is 3.72. The van der Waals surface area contributed by atoms with Gasteiger partial charge in [0.15, 0.2) is 11.5 Å². The molecule has 1 aromatic carbocycles. The molecule has 2 N–H and O–H groups in total. The number of anilines is 2. The number of fused-ring (bicyclic) bond motifs is 1. The lowest BCUT2D eigenvalue weighted by Crippen LogP contribution is -2.44. The number of H-pyrrole nitrogens is 1. The van der Waals surface area contributed by atoms with Gasteiger partial charge in [0.25, 0.3) is 0 Å². The summed E-state index contributed by atoms with van der Waals surface area (Å²) in [6.45, 7) is 15.5. The minimum absolute atomic E-state index is 0.0861. The molecule has 1 fully saturated rings. The number of rotatable bonds is 13. The molecule has 4 heterocycles. The first-order chi connectivity index (χ1) is 21.7. The molecule has 45 heavy (non-hydrogen) atoms. The number of aromatic nitrogens is 5. The Morgan fingerprint density at radius 2 is 1.93 bits per heavy atom. The van der Waals surface area contributed by atoms with Crippen LogP contribution in [0.25, 0.3) is 28.0 Å². The van der Waals surface area contributed by atoms with Crippen LogP contribution in [0.5, 0.6) is 0 Å². The number of benzene rings is 1. The number of nitrogens with one attached hydrogen (secondary N) is 2. The van der Waals surface area contributed by atoms with Gasteiger partial charge in [-0.15, -0.1) is 0 Å². The maximum atomic E-state index is 15.9. The molecule has 0 spiro atoms. The number of morpholine rings is 1. The van der Waals surface area contributed by atoms with Gasteiger partial charge in [0.05, 0.1) is 31.6 Å². The highest BCUT2D eigenvalue weighted by molar-refractivity contribution is 5.96. The van der Waals surface area contributed by atoms with Crippen LogP contribution >= 0.6 is 0 Å². The second-order valence-electron chi connectivity index (χ2n) is 12.8. The average molecular weight is 618 g/mol. The molecule has 1 amide bonds. The fourth-order valence-electron chi connectivity index (χ4n) is 6.66. The Hall–Kier alpha value is -3.79. The van der Waals surface area contributed by atoms with Crippen molar-refractivity contribution in [3.05, 3.63) is 48.5 Å². The molecule has 1 aliphatic rings. The van der Waals surface area contributed by atoms with E-state index in [2.05, 4.69) is 67.1 Å². The van der Waals surface area contributed by atoms with E-state index in [9.17, 15) is 4.79 Å². The molecule has 0 saturated carbocycles. The molecule has 4 unspecified atom stereocenters. The maximum Gasteiger partial charge on any atom is 0.224 e. The number of hydrogen-bond donors (Lipinski definition) is 2. The first-order valence-corrected chi connectivity index (χ1v) is 16.5. The summed E-state index contributed by atoms with van der Waals surface area (Å²) in [7, 11) is 0. The zero-order chi connectivity index (χ0) is 32.1. The van der Waals surface area contributed by atoms with Crippen LogP contribution in [0, 0.1) is 29.5 Å². The second kappa shape index (κ2) is 14.5. The molecular formula is C35H48FN7O2. The van der Waals surface area contributed by atoms with Crippen LogP contribution in [-0.4, -0.2) is 56.7 Å². The van der Waals surface area contributed by atoms with Crippen LogP contribution in [0.1, 0.15) is 73.6 Å². The molecular weight excluding hydrogens is 569 g/mol. The van der Waals surface area contributed by atoms with E-state index in [0.29, 0.717) is 83.5 Å². The summed E-state index contributed by atoms with van der Waals surface area (Å²) in [4.78, 5) is 20.1. The van der Waals surface area contributed by atoms with Gasteiger partial charge in [-0.25, -0.2) is 9.37 Å². The Morgan fingerprint density at radius 1 is 1.13 bits per heavy atom. The Bertz CT molecular complexity index is 1570. The smallest absolute Gasteiger partial charge is 0.224 e. The van der Waals surface area contributed by atoms with Crippen molar-refractivity contribution in [3.8, 4) is 16.9 Å². The maximum absolute atomic E-state index is 15.9. The summed E-state index contributed by atoms with van der Waals surface area (Å²) in [6, 6.07) is 8.75.